The normalized spacial score (nSPS) is 10.1. The smallest absolute Gasteiger partial charge is 0.262 e. The van der Waals surface area contributed by atoms with Gasteiger partial charge in [-0.05, 0) is 36.4 Å². The van der Waals surface area contributed by atoms with Gasteiger partial charge in [-0.15, -0.1) is 0 Å². The average Bonchev–Trinajstić information content (AvgIpc) is 2.40. The van der Waals surface area contributed by atoms with Gasteiger partial charge in [-0.3, -0.25) is 4.79 Å². The van der Waals surface area contributed by atoms with Gasteiger partial charge in [-0.1, -0.05) is 15.9 Å². The molecule has 0 aliphatic rings. The highest BCUT2D eigenvalue weighted by Gasteiger charge is 2.07. The first-order chi connectivity index (χ1) is 9.54. The van der Waals surface area contributed by atoms with Crippen LogP contribution in [0.2, 0.25) is 0 Å². The van der Waals surface area contributed by atoms with Crippen molar-refractivity contribution in [3.8, 4) is 5.75 Å². The zero-order chi connectivity index (χ0) is 14.5. The number of nitrogens with one attached hydrogen (secondary N) is 1. The number of nitrogens with two attached hydrogens (primary N) is 1. The third-order valence-corrected chi connectivity index (χ3v) is 2.97. The fourth-order valence-electron chi connectivity index (χ4n) is 1.51. The number of benzene rings is 2. The topological polar surface area (TPSA) is 64.3 Å². The number of carbonyl (C=O) groups excluding carboxylic acids is 1. The van der Waals surface area contributed by atoms with E-state index in [1.165, 1.54) is 12.1 Å². The van der Waals surface area contributed by atoms with Gasteiger partial charge in [-0.2, -0.15) is 0 Å². The Morgan fingerprint density at radius 2 is 1.95 bits per heavy atom. The lowest BCUT2D eigenvalue weighted by Crippen LogP contribution is -2.20. The summed E-state index contributed by atoms with van der Waals surface area (Å²) in [6, 6.07) is 11.1. The van der Waals surface area contributed by atoms with E-state index in [9.17, 15) is 9.18 Å². The summed E-state index contributed by atoms with van der Waals surface area (Å²) in [5.74, 6) is -0.977. The Kier molecular flexibility index (Phi) is 4.57. The standard InChI is InChI=1S/C14H12BrFN2O2/c15-9-1-4-11(5-2-9)18-14(19)8-20-13-6-3-10(17)7-12(13)16/h1-7H,8,17H2,(H,18,19). The van der Waals surface area contributed by atoms with Crippen LogP contribution in [0.25, 0.3) is 0 Å². The number of hydrogen-bond acceptors (Lipinski definition) is 3. The molecular weight excluding hydrogens is 327 g/mol. The van der Waals surface area contributed by atoms with Crippen LogP contribution in [0.1, 0.15) is 0 Å². The van der Waals surface area contributed by atoms with Gasteiger partial charge in [0.2, 0.25) is 0 Å². The SMILES string of the molecule is Nc1ccc(OCC(=O)Nc2ccc(Br)cc2)c(F)c1. The number of carbonyl (C=O) groups is 1. The zero-order valence-corrected chi connectivity index (χ0v) is 12.0. The number of amides is 1. The molecule has 0 heterocycles. The van der Waals surface area contributed by atoms with E-state index in [4.69, 9.17) is 10.5 Å². The monoisotopic (exact) mass is 338 g/mol. The first-order valence-electron chi connectivity index (χ1n) is 5.78. The van der Waals surface area contributed by atoms with E-state index in [0.29, 0.717) is 11.4 Å². The number of ether oxygens (including phenoxy) is 1. The number of nitrogen functional groups attached to an aromatic ring is 1. The predicted octanol–water partition coefficient (Wildman–Crippen LogP) is 3.19. The van der Waals surface area contributed by atoms with Gasteiger partial charge in [0, 0.05) is 21.9 Å². The highest BCUT2D eigenvalue weighted by Crippen LogP contribution is 2.19. The van der Waals surface area contributed by atoms with E-state index in [-0.39, 0.29) is 18.3 Å². The Hall–Kier alpha value is -2.08. The van der Waals surface area contributed by atoms with Gasteiger partial charge in [0.1, 0.15) is 0 Å². The van der Waals surface area contributed by atoms with Gasteiger partial charge in [0.05, 0.1) is 0 Å². The van der Waals surface area contributed by atoms with Gasteiger partial charge >= 0.3 is 0 Å². The first kappa shape index (κ1) is 14.3. The van der Waals surface area contributed by atoms with Gasteiger partial charge in [0.15, 0.2) is 18.2 Å². The molecule has 0 radical (unpaired) electrons. The number of hydrogen-bond donors (Lipinski definition) is 2. The zero-order valence-electron chi connectivity index (χ0n) is 10.4. The van der Waals surface area contributed by atoms with Crippen LogP contribution < -0.4 is 15.8 Å². The Morgan fingerprint density at radius 1 is 1.25 bits per heavy atom. The molecule has 20 heavy (non-hydrogen) atoms. The molecule has 104 valence electrons. The molecule has 0 unspecified atom stereocenters. The lowest BCUT2D eigenvalue weighted by atomic mass is 10.3. The molecule has 2 rings (SSSR count). The van der Waals surface area contributed by atoms with Crippen molar-refractivity contribution in [3.63, 3.8) is 0 Å². The minimum Gasteiger partial charge on any atom is -0.481 e. The fourth-order valence-corrected chi connectivity index (χ4v) is 1.77. The van der Waals surface area contributed by atoms with Crippen molar-refractivity contribution in [2.24, 2.45) is 0 Å². The maximum absolute atomic E-state index is 13.4. The van der Waals surface area contributed by atoms with Crippen molar-refractivity contribution in [3.05, 3.63) is 52.8 Å². The highest BCUT2D eigenvalue weighted by molar-refractivity contribution is 9.10. The van der Waals surface area contributed by atoms with Gasteiger partial charge in [0.25, 0.3) is 5.91 Å². The second kappa shape index (κ2) is 6.38. The van der Waals surface area contributed by atoms with E-state index in [1.54, 1.807) is 24.3 Å². The summed E-state index contributed by atoms with van der Waals surface area (Å²) in [6.45, 7) is -0.281. The number of halogens is 2. The van der Waals surface area contributed by atoms with E-state index >= 15 is 0 Å². The Balaban J connectivity index is 1.90. The summed E-state index contributed by atoms with van der Waals surface area (Å²) >= 11 is 3.30. The maximum atomic E-state index is 13.4. The molecule has 2 aromatic rings. The van der Waals surface area contributed by atoms with Gasteiger partial charge in [-0.25, -0.2) is 4.39 Å². The molecule has 0 saturated carbocycles. The first-order valence-corrected chi connectivity index (χ1v) is 6.57. The van der Waals surface area contributed by atoms with Crippen LogP contribution in [0.3, 0.4) is 0 Å². The molecule has 0 fully saturated rings. The third kappa shape index (κ3) is 3.96. The summed E-state index contributed by atoms with van der Waals surface area (Å²) in [7, 11) is 0. The molecule has 0 aliphatic carbocycles. The van der Waals surface area contributed by atoms with Crippen molar-refractivity contribution in [1.29, 1.82) is 0 Å². The largest absolute Gasteiger partial charge is 0.481 e. The molecule has 3 N–H and O–H groups in total. The minimum atomic E-state index is -0.596. The minimum absolute atomic E-state index is 0.00911. The molecule has 0 aliphatic heterocycles. The second-order valence-corrected chi connectivity index (χ2v) is 4.95. The number of rotatable bonds is 4. The molecule has 0 atom stereocenters. The van der Waals surface area contributed by atoms with Crippen LogP contribution in [-0.2, 0) is 4.79 Å². The lowest BCUT2D eigenvalue weighted by Gasteiger charge is -2.08. The molecule has 0 bridgehead atoms. The van der Waals surface area contributed by atoms with Crippen LogP contribution in [0.15, 0.2) is 46.9 Å². The predicted molar refractivity (Wildman–Crippen MR) is 79.1 cm³/mol. The van der Waals surface area contributed by atoms with Crippen molar-refractivity contribution >= 4 is 33.2 Å². The van der Waals surface area contributed by atoms with Crippen molar-refractivity contribution in [2.75, 3.05) is 17.7 Å². The van der Waals surface area contributed by atoms with Crippen LogP contribution in [0.4, 0.5) is 15.8 Å². The summed E-state index contributed by atoms with van der Waals surface area (Å²) in [5.41, 5.74) is 6.36. The van der Waals surface area contributed by atoms with E-state index in [2.05, 4.69) is 21.2 Å². The summed E-state index contributed by atoms with van der Waals surface area (Å²) < 4.78 is 19.4. The van der Waals surface area contributed by atoms with E-state index in [1.807, 2.05) is 0 Å². The van der Waals surface area contributed by atoms with E-state index in [0.717, 1.165) is 10.5 Å². The summed E-state index contributed by atoms with van der Waals surface area (Å²) in [4.78, 5) is 11.7. The second-order valence-electron chi connectivity index (χ2n) is 4.03. The van der Waals surface area contributed by atoms with Crippen LogP contribution >= 0.6 is 15.9 Å². The quantitative estimate of drug-likeness (QED) is 0.841. The lowest BCUT2D eigenvalue weighted by molar-refractivity contribution is -0.118. The maximum Gasteiger partial charge on any atom is 0.262 e. The van der Waals surface area contributed by atoms with Crippen molar-refractivity contribution in [2.45, 2.75) is 0 Å². The summed E-state index contributed by atoms with van der Waals surface area (Å²) in [5, 5.41) is 2.64. The Bertz CT molecular complexity index is 617. The highest BCUT2D eigenvalue weighted by atomic mass is 79.9. The van der Waals surface area contributed by atoms with Crippen LogP contribution in [-0.4, -0.2) is 12.5 Å². The fraction of sp³-hybridized carbons (Fsp3) is 0.0714. The number of anilines is 2. The molecule has 0 aromatic heterocycles. The molecule has 6 heteroatoms. The van der Waals surface area contributed by atoms with E-state index < -0.39 is 5.82 Å². The van der Waals surface area contributed by atoms with Crippen LogP contribution in [0, 0.1) is 5.82 Å². The Morgan fingerprint density at radius 3 is 2.60 bits per heavy atom. The molecule has 2 aromatic carbocycles. The molecule has 0 saturated heterocycles. The van der Waals surface area contributed by atoms with Crippen molar-refractivity contribution < 1.29 is 13.9 Å². The molecule has 1 amide bonds. The third-order valence-electron chi connectivity index (χ3n) is 2.44. The average molecular weight is 339 g/mol. The summed E-state index contributed by atoms with van der Waals surface area (Å²) in [6.07, 6.45) is 0. The Labute approximate surface area is 123 Å². The molecule has 4 nitrogen and oxygen atoms in total. The molecule has 0 spiro atoms. The van der Waals surface area contributed by atoms with Crippen LogP contribution in [0.5, 0.6) is 5.75 Å². The van der Waals surface area contributed by atoms with Gasteiger partial charge < -0.3 is 15.8 Å². The van der Waals surface area contributed by atoms with Crippen molar-refractivity contribution in [1.82, 2.24) is 0 Å². The molecular formula is C14H12BrFN2O2.